The molecule has 4 heteroatoms. The number of halogens is 1. The highest BCUT2D eigenvalue weighted by Crippen LogP contribution is 2.31. The zero-order valence-electron chi connectivity index (χ0n) is 11.6. The summed E-state index contributed by atoms with van der Waals surface area (Å²) in [5.74, 6) is 3.13. The largest absolute Gasteiger partial charge is 0.497 e. The first kappa shape index (κ1) is 15.1. The smallest absolute Gasteiger partial charge is 0.119 e. The maximum atomic E-state index is 5.98. The summed E-state index contributed by atoms with van der Waals surface area (Å²) >= 11 is 7.74. The Bertz CT molecular complexity index is 555. The van der Waals surface area contributed by atoms with E-state index >= 15 is 0 Å². The fourth-order valence-corrected chi connectivity index (χ4v) is 3.14. The third-order valence-electron chi connectivity index (χ3n) is 2.97. The summed E-state index contributed by atoms with van der Waals surface area (Å²) in [5, 5.41) is 0. The van der Waals surface area contributed by atoms with Crippen molar-refractivity contribution in [2.45, 2.75) is 16.5 Å². The first-order chi connectivity index (χ1) is 9.76. The van der Waals surface area contributed by atoms with Crippen LogP contribution in [0.1, 0.15) is 11.1 Å². The molecule has 0 saturated carbocycles. The predicted octanol–water partition coefficient (Wildman–Crippen LogP) is 4.73. The first-order valence-corrected chi connectivity index (χ1v) is 7.77. The van der Waals surface area contributed by atoms with E-state index in [1.807, 2.05) is 30.3 Å². The molecule has 0 N–H and O–H groups in total. The summed E-state index contributed by atoms with van der Waals surface area (Å²) in [6, 6.07) is 14.1. The molecule has 0 radical (unpaired) electrons. The Kier molecular flexibility index (Phi) is 5.62. The number of rotatable bonds is 6. The van der Waals surface area contributed by atoms with E-state index in [0.29, 0.717) is 5.88 Å². The van der Waals surface area contributed by atoms with Crippen LogP contribution < -0.4 is 9.47 Å². The Morgan fingerprint density at radius 1 is 0.950 bits per heavy atom. The minimum atomic E-state index is 0.509. The van der Waals surface area contributed by atoms with Gasteiger partial charge in [-0.05, 0) is 35.4 Å². The van der Waals surface area contributed by atoms with Gasteiger partial charge in [-0.25, -0.2) is 0 Å². The summed E-state index contributed by atoms with van der Waals surface area (Å²) in [5.41, 5.74) is 2.38. The van der Waals surface area contributed by atoms with E-state index in [4.69, 9.17) is 21.1 Å². The molecule has 0 amide bonds. The SMILES string of the molecule is COc1ccc(CSc2cc(OC)ccc2CCl)cc1. The minimum absolute atomic E-state index is 0.509. The monoisotopic (exact) mass is 308 g/mol. The Labute approximate surface area is 129 Å². The molecule has 0 unspecified atom stereocenters. The topological polar surface area (TPSA) is 18.5 Å². The van der Waals surface area contributed by atoms with Crippen molar-refractivity contribution in [2.75, 3.05) is 14.2 Å². The van der Waals surface area contributed by atoms with Gasteiger partial charge in [-0.3, -0.25) is 0 Å². The van der Waals surface area contributed by atoms with Gasteiger partial charge in [0.1, 0.15) is 11.5 Å². The molecule has 106 valence electrons. The summed E-state index contributed by atoms with van der Waals surface area (Å²) in [7, 11) is 3.35. The minimum Gasteiger partial charge on any atom is -0.497 e. The highest BCUT2D eigenvalue weighted by atomic mass is 35.5. The highest BCUT2D eigenvalue weighted by molar-refractivity contribution is 7.98. The quantitative estimate of drug-likeness (QED) is 0.567. The predicted molar refractivity (Wildman–Crippen MR) is 85.1 cm³/mol. The fraction of sp³-hybridized carbons (Fsp3) is 0.250. The van der Waals surface area contributed by atoms with Crippen molar-refractivity contribution in [1.82, 2.24) is 0 Å². The number of methoxy groups -OCH3 is 2. The molecule has 0 saturated heterocycles. The highest BCUT2D eigenvalue weighted by Gasteiger charge is 2.05. The van der Waals surface area contributed by atoms with Gasteiger partial charge in [0.25, 0.3) is 0 Å². The molecule has 0 bridgehead atoms. The van der Waals surface area contributed by atoms with E-state index in [1.54, 1.807) is 26.0 Å². The number of thioether (sulfide) groups is 1. The van der Waals surface area contributed by atoms with Crippen LogP contribution in [-0.4, -0.2) is 14.2 Å². The van der Waals surface area contributed by atoms with Gasteiger partial charge in [-0.2, -0.15) is 0 Å². The van der Waals surface area contributed by atoms with E-state index < -0.39 is 0 Å². The number of benzene rings is 2. The van der Waals surface area contributed by atoms with Crippen LogP contribution in [0.4, 0.5) is 0 Å². The van der Waals surface area contributed by atoms with Crippen molar-refractivity contribution < 1.29 is 9.47 Å². The maximum Gasteiger partial charge on any atom is 0.119 e. The average molecular weight is 309 g/mol. The van der Waals surface area contributed by atoms with Crippen molar-refractivity contribution in [3.05, 3.63) is 53.6 Å². The van der Waals surface area contributed by atoms with E-state index in [0.717, 1.165) is 27.7 Å². The third kappa shape index (κ3) is 3.84. The molecule has 2 rings (SSSR count). The molecule has 0 aliphatic carbocycles. The van der Waals surface area contributed by atoms with Crippen molar-refractivity contribution in [1.29, 1.82) is 0 Å². The molecule has 0 heterocycles. The average Bonchev–Trinajstić information content (AvgIpc) is 2.53. The second kappa shape index (κ2) is 7.46. The van der Waals surface area contributed by atoms with Crippen LogP contribution in [0.5, 0.6) is 11.5 Å². The number of hydrogen-bond acceptors (Lipinski definition) is 3. The number of hydrogen-bond donors (Lipinski definition) is 0. The van der Waals surface area contributed by atoms with Crippen LogP contribution in [-0.2, 0) is 11.6 Å². The zero-order valence-corrected chi connectivity index (χ0v) is 13.1. The van der Waals surface area contributed by atoms with Gasteiger partial charge in [0.05, 0.1) is 14.2 Å². The Balaban J connectivity index is 2.08. The standard InChI is InChI=1S/C16H17ClO2S/c1-18-14-6-3-12(4-7-14)11-20-16-9-15(19-2)8-5-13(16)10-17/h3-9H,10-11H2,1-2H3. The molecule has 0 fully saturated rings. The molecular weight excluding hydrogens is 292 g/mol. The van der Waals surface area contributed by atoms with Crippen molar-refractivity contribution >= 4 is 23.4 Å². The maximum absolute atomic E-state index is 5.98. The molecule has 2 nitrogen and oxygen atoms in total. The van der Waals surface area contributed by atoms with Gasteiger partial charge >= 0.3 is 0 Å². The van der Waals surface area contributed by atoms with E-state index in [2.05, 4.69) is 12.1 Å². The van der Waals surface area contributed by atoms with Gasteiger partial charge in [0, 0.05) is 16.5 Å². The Morgan fingerprint density at radius 2 is 1.60 bits per heavy atom. The van der Waals surface area contributed by atoms with Crippen LogP contribution in [0, 0.1) is 0 Å². The molecule has 0 atom stereocenters. The summed E-state index contributed by atoms with van der Waals surface area (Å²) in [4.78, 5) is 1.16. The summed E-state index contributed by atoms with van der Waals surface area (Å²) in [6.45, 7) is 0. The normalized spacial score (nSPS) is 10.3. The molecule has 0 aromatic heterocycles. The molecule has 2 aromatic rings. The number of alkyl halides is 1. The van der Waals surface area contributed by atoms with Crippen LogP contribution in [0.2, 0.25) is 0 Å². The Hall–Kier alpha value is -1.32. The second-order valence-electron chi connectivity index (χ2n) is 4.24. The van der Waals surface area contributed by atoms with Gasteiger partial charge < -0.3 is 9.47 Å². The fourth-order valence-electron chi connectivity index (χ4n) is 1.79. The lowest BCUT2D eigenvalue weighted by Gasteiger charge is -2.09. The van der Waals surface area contributed by atoms with Gasteiger partial charge in [0.15, 0.2) is 0 Å². The first-order valence-electron chi connectivity index (χ1n) is 6.25. The third-order valence-corrected chi connectivity index (χ3v) is 4.43. The molecule has 0 spiro atoms. The van der Waals surface area contributed by atoms with E-state index in [1.165, 1.54) is 5.56 Å². The van der Waals surface area contributed by atoms with Crippen LogP contribution in [0.3, 0.4) is 0 Å². The molecule has 0 aliphatic heterocycles. The van der Waals surface area contributed by atoms with Gasteiger partial charge in [0.2, 0.25) is 0 Å². The van der Waals surface area contributed by atoms with Crippen LogP contribution >= 0.6 is 23.4 Å². The molecular formula is C16H17ClO2S. The lowest BCUT2D eigenvalue weighted by molar-refractivity contribution is 0.413. The summed E-state index contributed by atoms with van der Waals surface area (Å²) < 4.78 is 10.4. The second-order valence-corrected chi connectivity index (χ2v) is 5.53. The summed E-state index contributed by atoms with van der Waals surface area (Å²) in [6.07, 6.45) is 0. The van der Waals surface area contributed by atoms with E-state index in [-0.39, 0.29) is 0 Å². The van der Waals surface area contributed by atoms with Crippen LogP contribution in [0.25, 0.3) is 0 Å². The van der Waals surface area contributed by atoms with Crippen molar-refractivity contribution in [3.8, 4) is 11.5 Å². The van der Waals surface area contributed by atoms with Crippen LogP contribution in [0.15, 0.2) is 47.4 Å². The molecule has 2 aromatic carbocycles. The van der Waals surface area contributed by atoms with Crippen molar-refractivity contribution in [3.63, 3.8) is 0 Å². The Morgan fingerprint density at radius 3 is 2.20 bits per heavy atom. The molecule has 20 heavy (non-hydrogen) atoms. The lowest BCUT2D eigenvalue weighted by atomic mass is 10.2. The molecule has 0 aliphatic rings. The van der Waals surface area contributed by atoms with Crippen molar-refractivity contribution in [2.24, 2.45) is 0 Å². The number of ether oxygens (including phenoxy) is 2. The zero-order chi connectivity index (χ0) is 14.4. The lowest BCUT2D eigenvalue weighted by Crippen LogP contribution is -1.89. The van der Waals surface area contributed by atoms with E-state index in [9.17, 15) is 0 Å². The van der Waals surface area contributed by atoms with Gasteiger partial charge in [-0.1, -0.05) is 18.2 Å². The van der Waals surface area contributed by atoms with Gasteiger partial charge in [-0.15, -0.1) is 23.4 Å².